The molecule has 0 spiro atoms. The van der Waals surface area contributed by atoms with Crippen molar-refractivity contribution in [1.82, 2.24) is 4.98 Å². The zero-order chi connectivity index (χ0) is 23.1. The number of nitrogens with one attached hydrogen (secondary N) is 1. The second-order valence-electron chi connectivity index (χ2n) is 6.27. The Morgan fingerprint density at radius 1 is 1.06 bits per heavy atom. The molecule has 0 atom stereocenters. The molecule has 3 rings (SSSR count). The molecule has 32 heavy (non-hydrogen) atoms. The quantitative estimate of drug-likeness (QED) is 0.252. The van der Waals surface area contributed by atoms with E-state index in [2.05, 4.69) is 31.4 Å². The summed E-state index contributed by atoms with van der Waals surface area (Å²) in [5.74, 6) is 1.28. The number of hydrogen-bond acceptors (Lipinski definition) is 9. The van der Waals surface area contributed by atoms with Gasteiger partial charge in [0, 0.05) is 28.2 Å². The number of ether oxygens (including phenoxy) is 2. The Hall–Kier alpha value is -4.06. The van der Waals surface area contributed by atoms with Gasteiger partial charge in [0.2, 0.25) is 0 Å². The number of methoxy groups -OCH3 is 1. The largest absolute Gasteiger partial charge is 0.493 e. The number of rotatable bonds is 9. The van der Waals surface area contributed by atoms with Crippen molar-refractivity contribution in [3.05, 3.63) is 90.6 Å². The van der Waals surface area contributed by atoms with Gasteiger partial charge in [-0.15, -0.1) is 0 Å². The molecule has 0 radical (unpaired) electrons. The minimum absolute atomic E-state index is 0.00949. The lowest BCUT2D eigenvalue weighted by Gasteiger charge is -2.12. The van der Waals surface area contributed by atoms with E-state index in [1.807, 2.05) is 0 Å². The molecule has 0 aliphatic heterocycles. The van der Waals surface area contributed by atoms with Crippen LogP contribution in [0.25, 0.3) is 0 Å². The lowest BCUT2D eigenvalue weighted by atomic mass is 10.2. The normalized spacial score (nSPS) is 10.7. The molecular weight excluding hydrogens is 486 g/mol. The Bertz CT molecular complexity index is 1150. The van der Waals surface area contributed by atoms with Gasteiger partial charge in [-0.3, -0.25) is 25.7 Å². The molecule has 3 aromatic rings. The number of nitro benzene ring substituents is 1. The second-order valence-corrected chi connectivity index (χ2v) is 7.12. The number of benzene rings is 2. The third-order valence-corrected chi connectivity index (χ3v) is 4.85. The number of anilines is 1. The van der Waals surface area contributed by atoms with Crippen LogP contribution in [0.15, 0.2) is 64.3 Å². The summed E-state index contributed by atoms with van der Waals surface area (Å²) in [7, 11) is 1.50. The summed E-state index contributed by atoms with van der Waals surface area (Å²) in [5.41, 5.74) is 4.03. The van der Waals surface area contributed by atoms with Crippen LogP contribution in [0.4, 0.5) is 17.2 Å². The molecule has 0 bridgehead atoms. The smallest absolute Gasteiger partial charge is 0.287 e. The fourth-order valence-corrected chi connectivity index (χ4v) is 2.95. The number of hydrogen-bond donors (Lipinski definition) is 1. The molecule has 0 amide bonds. The zero-order valence-corrected chi connectivity index (χ0v) is 18.2. The van der Waals surface area contributed by atoms with Crippen LogP contribution in [0, 0.1) is 20.2 Å². The number of nitrogens with zero attached hydrogens (tertiary/aromatic N) is 4. The van der Waals surface area contributed by atoms with Crippen molar-refractivity contribution in [2.75, 3.05) is 12.5 Å². The van der Waals surface area contributed by atoms with Crippen molar-refractivity contribution in [2.24, 2.45) is 5.10 Å². The third kappa shape index (κ3) is 5.76. The van der Waals surface area contributed by atoms with Gasteiger partial charge in [0.05, 0.1) is 23.2 Å². The number of aromatic nitrogens is 1. The first-order valence-electron chi connectivity index (χ1n) is 9.00. The van der Waals surface area contributed by atoms with Crippen LogP contribution in [0.5, 0.6) is 11.5 Å². The van der Waals surface area contributed by atoms with Gasteiger partial charge in [-0.25, -0.2) is 4.98 Å². The Labute approximate surface area is 190 Å². The summed E-state index contributed by atoms with van der Waals surface area (Å²) >= 11 is 3.45. The number of pyridine rings is 1. The van der Waals surface area contributed by atoms with E-state index in [-0.39, 0.29) is 18.0 Å². The van der Waals surface area contributed by atoms with E-state index in [1.54, 1.807) is 24.3 Å². The minimum Gasteiger partial charge on any atom is -0.493 e. The number of non-ortho nitro benzene ring substituents is 1. The fourth-order valence-electron chi connectivity index (χ4n) is 2.53. The zero-order valence-electron chi connectivity index (χ0n) is 16.6. The van der Waals surface area contributed by atoms with Crippen LogP contribution >= 0.6 is 15.9 Å². The van der Waals surface area contributed by atoms with E-state index in [1.165, 1.54) is 37.6 Å². The molecular formula is C20H16BrN5O6. The van der Waals surface area contributed by atoms with Gasteiger partial charge in [-0.05, 0) is 51.8 Å². The maximum atomic E-state index is 10.7. The highest BCUT2D eigenvalue weighted by Gasteiger charge is 2.11. The van der Waals surface area contributed by atoms with Gasteiger partial charge in [0.25, 0.3) is 11.4 Å². The fraction of sp³-hybridized carbons (Fsp3) is 0.100. The standard InChI is InChI=1S/C20H16BrN5O6/c1-31-18-8-14(10-23-24-20-7-6-16(11-22-20)26(29)30)17(21)9-19(18)32-12-13-2-4-15(5-3-13)25(27)28/h2-11H,12H2,1H3,(H,22,24)/b23-10+. The van der Waals surface area contributed by atoms with Gasteiger partial charge in [-0.1, -0.05) is 0 Å². The maximum absolute atomic E-state index is 10.7. The van der Waals surface area contributed by atoms with E-state index >= 15 is 0 Å². The second kappa shape index (κ2) is 10.3. The van der Waals surface area contributed by atoms with Crippen molar-refractivity contribution in [3.63, 3.8) is 0 Å². The van der Waals surface area contributed by atoms with E-state index in [0.29, 0.717) is 27.4 Å². The van der Waals surface area contributed by atoms with Crippen molar-refractivity contribution in [2.45, 2.75) is 6.61 Å². The monoisotopic (exact) mass is 501 g/mol. The van der Waals surface area contributed by atoms with E-state index in [4.69, 9.17) is 9.47 Å². The lowest BCUT2D eigenvalue weighted by Crippen LogP contribution is -2.00. The molecule has 2 aromatic carbocycles. The molecule has 0 unspecified atom stereocenters. The summed E-state index contributed by atoms with van der Waals surface area (Å²) in [4.78, 5) is 24.3. The predicted molar refractivity (Wildman–Crippen MR) is 120 cm³/mol. The molecule has 0 saturated carbocycles. The SMILES string of the molecule is COc1cc(/C=N/Nc2ccc([N+](=O)[O-])cn2)c(Br)cc1OCc1ccc([N+](=O)[O-])cc1. The summed E-state index contributed by atoms with van der Waals surface area (Å²) < 4.78 is 11.9. The van der Waals surface area contributed by atoms with Gasteiger partial charge < -0.3 is 9.47 Å². The van der Waals surface area contributed by atoms with Crippen LogP contribution in [-0.2, 0) is 6.61 Å². The van der Waals surface area contributed by atoms with E-state index in [0.717, 1.165) is 11.8 Å². The van der Waals surface area contributed by atoms with Crippen LogP contribution in [-0.4, -0.2) is 28.2 Å². The summed E-state index contributed by atoms with van der Waals surface area (Å²) in [6, 6.07) is 12.3. The minimum atomic E-state index is -0.533. The third-order valence-electron chi connectivity index (χ3n) is 4.17. The first-order valence-corrected chi connectivity index (χ1v) is 9.80. The average molecular weight is 502 g/mol. The number of nitro groups is 2. The Morgan fingerprint density at radius 2 is 1.75 bits per heavy atom. The Morgan fingerprint density at radius 3 is 2.34 bits per heavy atom. The average Bonchev–Trinajstić information content (AvgIpc) is 2.79. The van der Waals surface area contributed by atoms with Gasteiger partial charge in [0.15, 0.2) is 11.5 Å². The predicted octanol–water partition coefficient (Wildman–Crippen LogP) is 4.69. The summed E-state index contributed by atoms with van der Waals surface area (Å²) in [6.45, 7) is 0.196. The van der Waals surface area contributed by atoms with Crippen LogP contribution in [0.2, 0.25) is 0 Å². The molecule has 12 heteroatoms. The lowest BCUT2D eigenvalue weighted by molar-refractivity contribution is -0.385. The van der Waals surface area contributed by atoms with Crippen molar-refractivity contribution < 1.29 is 19.3 Å². The summed E-state index contributed by atoms with van der Waals surface area (Å²) in [5, 5.41) is 25.5. The molecule has 0 aliphatic rings. The Balaban J connectivity index is 1.67. The van der Waals surface area contributed by atoms with Crippen LogP contribution < -0.4 is 14.9 Å². The highest BCUT2D eigenvalue weighted by Crippen LogP contribution is 2.33. The molecule has 0 fully saturated rings. The first kappa shape index (κ1) is 22.6. The topological polar surface area (TPSA) is 142 Å². The van der Waals surface area contributed by atoms with Gasteiger partial charge >= 0.3 is 0 Å². The summed E-state index contributed by atoms with van der Waals surface area (Å²) in [6.07, 6.45) is 2.66. The molecule has 11 nitrogen and oxygen atoms in total. The highest BCUT2D eigenvalue weighted by atomic mass is 79.9. The van der Waals surface area contributed by atoms with Crippen LogP contribution in [0.1, 0.15) is 11.1 Å². The number of halogens is 1. The first-order chi connectivity index (χ1) is 15.4. The number of hydrazone groups is 1. The van der Waals surface area contributed by atoms with E-state index in [9.17, 15) is 20.2 Å². The van der Waals surface area contributed by atoms with Crippen molar-refractivity contribution >= 4 is 39.3 Å². The van der Waals surface area contributed by atoms with Crippen LogP contribution in [0.3, 0.4) is 0 Å². The van der Waals surface area contributed by atoms with Gasteiger partial charge in [0.1, 0.15) is 18.6 Å². The van der Waals surface area contributed by atoms with Gasteiger partial charge in [-0.2, -0.15) is 5.10 Å². The molecule has 1 heterocycles. The van der Waals surface area contributed by atoms with E-state index < -0.39 is 9.85 Å². The van der Waals surface area contributed by atoms with Crippen molar-refractivity contribution in [3.8, 4) is 11.5 Å². The molecule has 164 valence electrons. The molecule has 1 N–H and O–H groups in total. The molecule has 1 aromatic heterocycles. The molecule has 0 aliphatic carbocycles. The Kier molecular flexibility index (Phi) is 7.29. The molecule has 0 saturated heterocycles. The highest BCUT2D eigenvalue weighted by molar-refractivity contribution is 9.10. The maximum Gasteiger partial charge on any atom is 0.287 e. The van der Waals surface area contributed by atoms with Crippen molar-refractivity contribution in [1.29, 1.82) is 0 Å².